The van der Waals surface area contributed by atoms with Gasteiger partial charge in [-0.25, -0.2) is 9.59 Å². The Morgan fingerprint density at radius 3 is 2.62 bits per heavy atom. The Hall–Kier alpha value is -4.68. The number of para-hydroxylation sites is 1. The van der Waals surface area contributed by atoms with Gasteiger partial charge in [0, 0.05) is 23.1 Å². The number of aromatic nitrogens is 1. The number of ether oxygens (including phenoxy) is 1. The number of nitrogens with zero attached hydrogens (tertiary/aromatic N) is 3. The number of nitrogens with one attached hydrogen (secondary N) is 1. The van der Waals surface area contributed by atoms with Crippen molar-refractivity contribution in [2.75, 3.05) is 0 Å². The zero-order chi connectivity index (χ0) is 27.9. The van der Waals surface area contributed by atoms with Crippen LogP contribution in [0.1, 0.15) is 30.2 Å². The Bertz CT molecular complexity index is 1510. The number of halogens is 3. The summed E-state index contributed by atoms with van der Waals surface area (Å²) in [7, 11) is 0. The number of oxime groups is 1. The van der Waals surface area contributed by atoms with Gasteiger partial charge in [0.2, 0.25) is 0 Å². The first kappa shape index (κ1) is 25.9. The molecule has 0 radical (unpaired) electrons. The second-order valence-corrected chi connectivity index (χ2v) is 9.27. The van der Waals surface area contributed by atoms with Crippen LogP contribution in [0.5, 0.6) is 5.75 Å². The monoisotopic (exact) mass is 542 g/mol. The molecule has 0 aliphatic carbocycles. The highest BCUT2D eigenvalue weighted by Gasteiger charge is 2.58. The molecule has 1 fully saturated rings. The molecule has 2 aliphatic heterocycles. The van der Waals surface area contributed by atoms with Gasteiger partial charge in [-0.1, -0.05) is 23.4 Å². The molecule has 0 spiro atoms. The summed E-state index contributed by atoms with van der Waals surface area (Å²) in [5.41, 5.74) is 2.08. The zero-order valence-corrected chi connectivity index (χ0v) is 20.6. The van der Waals surface area contributed by atoms with Crippen molar-refractivity contribution in [2.24, 2.45) is 5.16 Å². The molecule has 1 aromatic heterocycles. The van der Waals surface area contributed by atoms with Crippen molar-refractivity contribution >= 4 is 34.5 Å². The van der Waals surface area contributed by atoms with Crippen LogP contribution in [0.25, 0.3) is 10.9 Å². The summed E-state index contributed by atoms with van der Waals surface area (Å²) in [5, 5.41) is 6.84. The summed E-state index contributed by atoms with van der Waals surface area (Å²) in [5.74, 6) is -3.06. The van der Waals surface area contributed by atoms with E-state index < -0.39 is 35.7 Å². The number of benzene rings is 2. The summed E-state index contributed by atoms with van der Waals surface area (Å²) in [4.78, 5) is 49.9. The second-order valence-electron chi connectivity index (χ2n) is 9.27. The van der Waals surface area contributed by atoms with Crippen LogP contribution in [0, 0.1) is 6.92 Å². The van der Waals surface area contributed by atoms with Gasteiger partial charge >= 0.3 is 18.2 Å². The summed E-state index contributed by atoms with van der Waals surface area (Å²) in [6.07, 6.45) is -5.44. The molecule has 2 atom stereocenters. The van der Waals surface area contributed by atoms with Gasteiger partial charge in [-0.3, -0.25) is 15.1 Å². The minimum absolute atomic E-state index is 0.0398. The molecule has 5 rings (SSSR count). The number of hydroxylamine groups is 2. The van der Waals surface area contributed by atoms with Crippen LogP contribution in [0.2, 0.25) is 0 Å². The number of hydrogen-bond acceptors (Lipinski definition) is 8. The predicted molar refractivity (Wildman–Crippen MR) is 129 cm³/mol. The first-order chi connectivity index (χ1) is 18.4. The number of imide groups is 1. The van der Waals surface area contributed by atoms with Gasteiger partial charge in [0.1, 0.15) is 12.4 Å². The number of carbonyl (C=O) groups is 3. The molecule has 202 valence electrons. The normalized spacial score (nSPS) is 21.0. The average molecular weight is 542 g/mol. The second kappa shape index (κ2) is 9.57. The van der Waals surface area contributed by atoms with E-state index in [-0.39, 0.29) is 11.5 Å². The summed E-state index contributed by atoms with van der Waals surface area (Å²) in [6.45, 7) is 3.59. The number of carbonyl (C=O) groups excluding carboxylic acids is 3. The zero-order valence-electron chi connectivity index (χ0n) is 20.6. The van der Waals surface area contributed by atoms with Gasteiger partial charge < -0.3 is 14.4 Å². The smallest absolute Gasteiger partial charge is 0.489 e. The number of hydrogen-bond donors (Lipinski definition) is 1. The first-order valence-corrected chi connectivity index (χ1v) is 11.7. The van der Waals surface area contributed by atoms with Crippen LogP contribution >= 0.6 is 0 Å². The molecule has 1 saturated heterocycles. The minimum atomic E-state index is -5.37. The van der Waals surface area contributed by atoms with Crippen LogP contribution in [0.4, 0.5) is 18.0 Å². The number of urea groups is 1. The van der Waals surface area contributed by atoms with Crippen molar-refractivity contribution in [3.05, 3.63) is 71.4 Å². The van der Waals surface area contributed by atoms with Gasteiger partial charge in [0.05, 0.1) is 11.2 Å². The Labute approximate surface area is 219 Å². The molecule has 0 bridgehead atoms. The third-order valence-corrected chi connectivity index (χ3v) is 6.30. The molecule has 13 heteroatoms. The van der Waals surface area contributed by atoms with Gasteiger partial charge in [-0.15, -0.1) is 5.06 Å². The van der Waals surface area contributed by atoms with Crippen LogP contribution in [-0.2, 0) is 25.9 Å². The third-order valence-electron chi connectivity index (χ3n) is 6.30. The standard InChI is InChI=1S/C26H21F3N4O6/c1-14-11-16(18-5-3-4-6-19(18)30-14)13-37-17-9-7-15(8-10-17)20-12-25(2,39-32-20)21-22(34)31-24(36)33(21)38-23(35)26(27,28)29/h3-11,21H,12-13H2,1-2H3,(H,31,34,36). The van der Waals surface area contributed by atoms with E-state index in [1.165, 1.54) is 6.92 Å². The molecule has 2 unspecified atom stereocenters. The molecule has 3 heterocycles. The number of alkyl halides is 3. The Kier molecular flexibility index (Phi) is 6.36. The Morgan fingerprint density at radius 1 is 1.18 bits per heavy atom. The highest BCUT2D eigenvalue weighted by Crippen LogP contribution is 2.35. The molecule has 10 nitrogen and oxygen atoms in total. The molecule has 2 aromatic carbocycles. The molecule has 0 saturated carbocycles. The molecule has 39 heavy (non-hydrogen) atoms. The number of rotatable bonds is 6. The van der Waals surface area contributed by atoms with Crippen molar-refractivity contribution in [1.29, 1.82) is 0 Å². The van der Waals surface area contributed by atoms with Gasteiger partial charge in [0.15, 0.2) is 11.6 Å². The number of fused-ring (bicyclic) bond motifs is 1. The van der Waals surface area contributed by atoms with E-state index in [1.807, 2.05) is 42.6 Å². The number of pyridine rings is 1. The van der Waals surface area contributed by atoms with E-state index in [2.05, 4.69) is 15.0 Å². The fourth-order valence-electron chi connectivity index (χ4n) is 4.49. The summed E-state index contributed by atoms with van der Waals surface area (Å²) < 4.78 is 44.1. The number of aryl methyl sites for hydroxylation is 1. The largest absolute Gasteiger partial charge is 0.493 e. The summed E-state index contributed by atoms with van der Waals surface area (Å²) in [6, 6.07) is 13.6. The fourth-order valence-corrected chi connectivity index (χ4v) is 4.49. The quantitative estimate of drug-likeness (QED) is 0.469. The highest BCUT2D eigenvalue weighted by molar-refractivity contribution is 6.07. The Balaban J connectivity index is 1.27. The molecular formula is C26H21F3N4O6. The van der Waals surface area contributed by atoms with E-state index in [4.69, 9.17) is 9.57 Å². The van der Waals surface area contributed by atoms with Crippen molar-refractivity contribution < 1.29 is 42.0 Å². The van der Waals surface area contributed by atoms with E-state index in [0.29, 0.717) is 23.6 Å². The molecule has 3 amide bonds. The van der Waals surface area contributed by atoms with Crippen LogP contribution in [0.15, 0.2) is 59.8 Å². The first-order valence-electron chi connectivity index (χ1n) is 11.7. The lowest BCUT2D eigenvalue weighted by Gasteiger charge is -2.31. The highest BCUT2D eigenvalue weighted by atomic mass is 19.4. The van der Waals surface area contributed by atoms with E-state index >= 15 is 0 Å². The molecular weight excluding hydrogens is 521 g/mol. The van der Waals surface area contributed by atoms with Gasteiger partial charge in [-0.05, 0) is 55.8 Å². The lowest BCUT2D eigenvalue weighted by Crippen LogP contribution is -2.53. The molecule has 2 aliphatic rings. The SMILES string of the molecule is Cc1cc(COc2ccc(C3=NOC(C)(C4C(=O)NC(=O)N4OC(=O)C(F)(F)F)C3)cc2)c2ccccc2n1. The Morgan fingerprint density at radius 2 is 1.90 bits per heavy atom. The maximum Gasteiger partial charge on any atom is 0.493 e. The number of amides is 3. The van der Waals surface area contributed by atoms with Gasteiger partial charge in [0.25, 0.3) is 5.91 Å². The lowest BCUT2D eigenvalue weighted by molar-refractivity contribution is -0.238. The van der Waals surface area contributed by atoms with Crippen LogP contribution in [-0.4, -0.2) is 51.5 Å². The van der Waals surface area contributed by atoms with Crippen LogP contribution < -0.4 is 10.1 Å². The molecule has 3 aromatic rings. The van der Waals surface area contributed by atoms with Crippen molar-refractivity contribution in [3.63, 3.8) is 0 Å². The average Bonchev–Trinajstić information content (AvgIpc) is 3.41. The van der Waals surface area contributed by atoms with Crippen molar-refractivity contribution in [3.8, 4) is 5.75 Å². The predicted octanol–water partition coefficient (Wildman–Crippen LogP) is 3.95. The third kappa shape index (κ3) is 5.07. The van der Waals surface area contributed by atoms with Crippen molar-refractivity contribution in [1.82, 2.24) is 15.4 Å². The molecule has 1 N–H and O–H groups in total. The summed E-state index contributed by atoms with van der Waals surface area (Å²) >= 11 is 0. The van der Waals surface area contributed by atoms with Gasteiger partial charge in [-0.2, -0.15) is 13.2 Å². The lowest BCUT2D eigenvalue weighted by atomic mass is 9.89. The fraction of sp³-hybridized carbons (Fsp3) is 0.269. The van der Waals surface area contributed by atoms with E-state index in [9.17, 15) is 27.6 Å². The maximum absolute atomic E-state index is 12.7. The minimum Gasteiger partial charge on any atom is -0.489 e. The maximum atomic E-state index is 12.7. The van der Waals surface area contributed by atoms with Crippen molar-refractivity contribution in [2.45, 2.75) is 44.7 Å². The van der Waals surface area contributed by atoms with Crippen LogP contribution in [0.3, 0.4) is 0 Å². The van der Waals surface area contributed by atoms with E-state index in [1.54, 1.807) is 24.3 Å². The van der Waals surface area contributed by atoms with E-state index in [0.717, 1.165) is 22.2 Å². The topological polar surface area (TPSA) is 119 Å².